The molecule has 0 aliphatic carbocycles. The van der Waals surface area contributed by atoms with Crippen LogP contribution in [-0.4, -0.2) is 191 Å². The molecule has 538 valence electrons. The number of ether oxygens (including phenoxy) is 10. The van der Waals surface area contributed by atoms with Crippen LogP contribution in [0.25, 0.3) is 0 Å². The minimum Gasteiger partial charge on any atom is -0.857 e. The number of carbonyl (C=O) groups excluding carboxylic acids is 6. The molecule has 0 aromatic carbocycles. The molecule has 2 amide bonds. The Bertz CT molecular complexity index is 3240. The van der Waals surface area contributed by atoms with Crippen molar-refractivity contribution in [3.8, 4) is 29.4 Å². The molecule has 7 heterocycles. The Balaban J connectivity index is 0. The fourth-order valence-electron chi connectivity index (χ4n) is 6.52. The van der Waals surface area contributed by atoms with Crippen molar-refractivity contribution in [3.05, 3.63) is 93.6 Å². The number of carbonyl (C=O) groups is 6. The van der Waals surface area contributed by atoms with E-state index in [-0.39, 0.29) is 64.1 Å². The SMILES string of the molecule is CC(C)(C)OC(=O)CCCS.COC(=O)c1nc(OC)ccc1Br.COC(=O)c1nc(OC)ccc1SCCN.COC(=O)c1nc(OC)ccc1SCCNC(=O)OC(C)(C)C.COc1ccc2c(n1)C(=O)NCCS2.COc1ccc2c(n1)CNCCS2.C[O-].N=NN=NCl.[Na+]. The van der Waals surface area contributed by atoms with Crippen molar-refractivity contribution in [2.24, 2.45) is 20.8 Å². The minimum atomic E-state index is -0.536. The number of esters is 4. The Labute approximate surface area is 629 Å². The smallest absolute Gasteiger partial charge is 0.857 e. The van der Waals surface area contributed by atoms with Crippen LogP contribution in [0.3, 0.4) is 0 Å². The van der Waals surface area contributed by atoms with Gasteiger partial charge >= 0.3 is 59.5 Å². The first-order valence-corrected chi connectivity index (χ1v) is 34.4. The van der Waals surface area contributed by atoms with Gasteiger partial charge in [-0.1, -0.05) is 4.63 Å². The molecule has 2 aliphatic heterocycles. The van der Waals surface area contributed by atoms with Gasteiger partial charge in [-0.05, 0) is 110 Å². The number of hydrogen-bond acceptors (Lipinski definition) is 31. The normalized spacial score (nSPS) is 11.5. The molecule has 30 nitrogen and oxygen atoms in total. The van der Waals surface area contributed by atoms with Crippen LogP contribution < -0.4 is 80.0 Å². The van der Waals surface area contributed by atoms with Gasteiger partial charge in [0.2, 0.25) is 29.4 Å². The molecule has 0 unspecified atom stereocenters. The molecule has 0 bridgehead atoms. The number of aromatic nitrogens is 5. The summed E-state index contributed by atoms with van der Waals surface area (Å²) in [5, 5.41) is 22.1. The maximum atomic E-state index is 11.8. The van der Waals surface area contributed by atoms with E-state index in [1.54, 1.807) is 82.1 Å². The molecule has 7 rings (SSSR count). The second-order valence-corrected chi connectivity index (χ2v) is 25.8. The van der Waals surface area contributed by atoms with E-state index < -0.39 is 29.6 Å². The summed E-state index contributed by atoms with van der Waals surface area (Å²) in [4.78, 5) is 92.6. The number of fused-ring (bicyclic) bond motifs is 2. The van der Waals surface area contributed by atoms with Crippen molar-refractivity contribution in [2.45, 2.75) is 91.7 Å². The van der Waals surface area contributed by atoms with Gasteiger partial charge in [0, 0.05) is 112 Å². The van der Waals surface area contributed by atoms with Gasteiger partial charge in [-0.2, -0.15) is 25.3 Å². The zero-order valence-electron chi connectivity index (χ0n) is 57.7. The Morgan fingerprint density at radius 1 is 0.673 bits per heavy atom. The number of nitrogens with one attached hydrogen (secondary N) is 4. The average molecular weight is 1560 g/mol. The van der Waals surface area contributed by atoms with Gasteiger partial charge < -0.3 is 74.2 Å². The van der Waals surface area contributed by atoms with Gasteiger partial charge in [-0.25, -0.2) is 44.1 Å². The Morgan fingerprint density at radius 3 is 1.59 bits per heavy atom. The fraction of sp³-hybridized carbons (Fsp3) is 0.483. The van der Waals surface area contributed by atoms with E-state index in [4.69, 9.17) is 54.3 Å². The van der Waals surface area contributed by atoms with Gasteiger partial charge in [0.1, 0.15) is 16.9 Å². The van der Waals surface area contributed by atoms with Gasteiger partial charge in [-0.15, -0.1) is 47.0 Å². The number of thiol groups is 1. The van der Waals surface area contributed by atoms with Crippen molar-refractivity contribution in [3.63, 3.8) is 0 Å². The first-order valence-electron chi connectivity index (χ1n) is 28.7. The summed E-state index contributed by atoms with van der Waals surface area (Å²) in [6.45, 7) is 14.5. The summed E-state index contributed by atoms with van der Waals surface area (Å²) >= 11 is 18.1. The molecular formula is C60H86BrClN13NaO17S5. The number of nitrogens with two attached hydrogens (primary N) is 1. The fourth-order valence-corrected chi connectivity index (χ4v) is 10.5. The van der Waals surface area contributed by atoms with Crippen LogP contribution in [0.4, 0.5) is 4.79 Å². The molecule has 0 saturated carbocycles. The molecule has 0 fully saturated rings. The summed E-state index contributed by atoms with van der Waals surface area (Å²) in [6, 6.07) is 17.8. The molecule has 0 spiro atoms. The van der Waals surface area contributed by atoms with Crippen molar-refractivity contribution in [1.82, 2.24) is 40.9 Å². The quantitative estimate of drug-likeness (QED) is 0.00721. The molecule has 0 saturated heterocycles. The van der Waals surface area contributed by atoms with Crippen LogP contribution in [0.2, 0.25) is 0 Å². The number of thioether (sulfide) groups is 4. The summed E-state index contributed by atoms with van der Waals surface area (Å²) in [6.07, 6.45) is 0.790. The molecule has 0 atom stereocenters. The van der Waals surface area contributed by atoms with Gasteiger partial charge in [-0.3, -0.25) is 9.59 Å². The number of amides is 2. The van der Waals surface area contributed by atoms with Crippen LogP contribution in [0.5, 0.6) is 29.4 Å². The minimum absolute atomic E-state index is 0. The number of hydrogen-bond donors (Lipinski definition) is 6. The molecule has 0 radical (unpaired) electrons. The number of methoxy groups -OCH3 is 8. The third kappa shape index (κ3) is 40.3. The van der Waals surface area contributed by atoms with E-state index in [1.807, 2.05) is 44.7 Å². The molecule has 5 aromatic heterocycles. The topological polar surface area (TPSA) is 405 Å². The summed E-state index contributed by atoms with van der Waals surface area (Å²) in [5.41, 5.74) is 12.6. The Hall–Kier alpha value is -6.03. The Morgan fingerprint density at radius 2 is 1.12 bits per heavy atom. The van der Waals surface area contributed by atoms with E-state index in [9.17, 15) is 28.8 Å². The zero-order valence-corrected chi connectivity index (χ0v) is 66.2. The van der Waals surface area contributed by atoms with Gasteiger partial charge in [0.05, 0.1) is 78.8 Å². The largest absolute Gasteiger partial charge is 1.00 e. The molecule has 38 heteroatoms. The van der Waals surface area contributed by atoms with Crippen molar-refractivity contribution >= 4 is 123 Å². The number of nitrogens with zero attached hydrogens (tertiary/aromatic N) is 8. The number of pyridine rings is 5. The van der Waals surface area contributed by atoms with E-state index >= 15 is 0 Å². The second kappa shape index (κ2) is 54.8. The van der Waals surface area contributed by atoms with Crippen LogP contribution in [0.15, 0.2) is 99.8 Å². The van der Waals surface area contributed by atoms with Crippen LogP contribution in [0.1, 0.15) is 102 Å². The van der Waals surface area contributed by atoms with E-state index in [0.29, 0.717) is 76.3 Å². The van der Waals surface area contributed by atoms with Crippen LogP contribution in [-0.2, 0) is 35.0 Å². The Kier molecular flexibility index (Phi) is 52.5. The maximum absolute atomic E-state index is 11.8. The molecule has 5 aromatic rings. The third-order valence-corrected chi connectivity index (χ3v) is 15.8. The van der Waals surface area contributed by atoms with Crippen molar-refractivity contribution in [2.75, 3.05) is 119 Å². The third-order valence-electron chi connectivity index (χ3n) is 10.5. The average Bonchev–Trinajstić information content (AvgIpc) is 1.20. The molecule has 2 aliphatic rings. The van der Waals surface area contributed by atoms with Gasteiger partial charge in [0.25, 0.3) is 5.91 Å². The van der Waals surface area contributed by atoms with Crippen molar-refractivity contribution in [1.29, 1.82) is 5.53 Å². The predicted molar refractivity (Wildman–Crippen MR) is 377 cm³/mol. The standard InChI is InChI=1S/C15H22N2O5S.C10H14N2O3S.C9H10N2O2S.C9H12N2OS.C8H8BrNO3.C8H16O2S.CH3O.ClHN4.Na/c1-15(2,3)22-14(19)16-8-9-23-10-6-7-11(20-4)17-12(10)13(18)21-5;1-14-8-4-3-7(16-6-5-11)9(12-8)10(13)15-2;1-13-7-3-2-6-8(11-7)9(12)10-4-5-14-6;1-12-9-3-2-8-7(11-9)6-10-4-5-13-8;1-12-6-4-3-5(9)7(10-6)8(11)13-2;1-8(2,3)10-7(9)5-4-6-11;1-2;1-3-5-4-2;/h6-7H,8-9H2,1-5H3,(H,16,19);3-4H,5-6,11H2,1-2H3;2-3H,4-5H2,1H3,(H,10,12);2-3,10H,4-6H2,1H3;3-4H,1-2H3;11H,4-6H2,1-3H3;1H3;2H;/q;;;;;;-1;;+1. The van der Waals surface area contributed by atoms with Gasteiger partial charge in [0.15, 0.2) is 17.1 Å². The summed E-state index contributed by atoms with van der Waals surface area (Å²) in [5.74, 6) is 4.51. The number of halogens is 2. The molecule has 6 N–H and O–H groups in total. The maximum Gasteiger partial charge on any atom is 1.00 e. The van der Waals surface area contributed by atoms with E-state index in [0.717, 1.165) is 65.1 Å². The second-order valence-electron chi connectivity index (χ2n) is 19.8. The van der Waals surface area contributed by atoms with Crippen LogP contribution in [0, 0.1) is 5.53 Å². The first-order chi connectivity index (χ1) is 46.2. The van der Waals surface area contributed by atoms with E-state index in [1.165, 1.54) is 78.2 Å². The molecular weight excluding hydrogens is 1470 g/mol. The molecule has 98 heavy (non-hydrogen) atoms. The number of alkyl carbamates (subject to hydrolysis) is 1. The van der Waals surface area contributed by atoms with Crippen LogP contribution >= 0.6 is 87.4 Å². The monoisotopic (exact) mass is 1560 g/mol. The summed E-state index contributed by atoms with van der Waals surface area (Å²) in [7, 11) is 12.3. The summed E-state index contributed by atoms with van der Waals surface area (Å²) < 4.78 is 52.2. The number of rotatable bonds is 19. The predicted octanol–water partition coefficient (Wildman–Crippen LogP) is 6.83. The van der Waals surface area contributed by atoms with Crippen molar-refractivity contribution < 1.29 is 111 Å². The zero-order chi connectivity index (χ0) is 73.4. The first kappa shape index (κ1) is 94.0. The van der Waals surface area contributed by atoms with E-state index in [2.05, 4.69) is 112 Å².